The Balaban J connectivity index is 1.60. The van der Waals surface area contributed by atoms with Gasteiger partial charge in [-0.3, -0.25) is 19.3 Å². The van der Waals surface area contributed by atoms with Gasteiger partial charge in [0, 0.05) is 18.7 Å². The van der Waals surface area contributed by atoms with E-state index in [1.807, 2.05) is 6.92 Å². The average Bonchev–Trinajstić information content (AvgIpc) is 3.06. The van der Waals surface area contributed by atoms with Crippen LogP contribution in [0.1, 0.15) is 18.9 Å². The normalized spacial score (nSPS) is 14.6. The molecule has 1 N–H and O–H groups in total. The second kappa shape index (κ2) is 10.7. The molecule has 0 aromatic heterocycles. The van der Waals surface area contributed by atoms with E-state index in [1.165, 1.54) is 14.2 Å². The van der Waals surface area contributed by atoms with Gasteiger partial charge in [0.1, 0.15) is 5.75 Å². The maximum absolute atomic E-state index is 12.7. The summed E-state index contributed by atoms with van der Waals surface area (Å²) in [7, 11) is 3.06. The lowest BCUT2D eigenvalue weighted by atomic mass is 10.2. The summed E-state index contributed by atoms with van der Waals surface area (Å²) in [6, 6.07) is 12.2. The highest BCUT2D eigenvalue weighted by molar-refractivity contribution is 8.18. The van der Waals surface area contributed by atoms with Crippen LogP contribution < -0.4 is 19.5 Å². The Morgan fingerprint density at radius 3 is 2.44 bits per heavy atom. The van der Waals surface area contributed by atoms with Gasteiger partial charge in [-0.2, -0.15) is 0 Å². The summed E-state index contributed by atoms with van der Waals surface area (Å²) >= 11 is 0.843. The standard InChI is InChI=1S/C23H24N2O6S/c1-4-31-17-8-6-16(7-9-17)24-21(26)11-12-25-22(27)20(32-23(25)28)14-15-5-10-18(29-2)19(13-15)30-3/h5-10,13-14H,4,11-12H2,1-3H3,(H,24,26)/b20-14+. The van der Waals surface area contributed by atoms with E-state index in [9.17, 15) is 14.4 Å². The maximum atomic E-state index is 12.7. The van der Waals surface area contributed by atoms with Crippen LogP contribution in [0.4, 0.5) is 10.5 Å². The zero-order valence-electron chi connectivity index (χ0n) is 18.0. The fraction of sp³-hybridized carbons (Fsp3) is 0.261. The van der Waals surface area contributed by atoms with Crippen molar-refractivity contribution in [1.82, 2.24) is 4.90 Å². The molecule has 1 saturated heterocycles. The highest BCUT2D eigenvalue weighted by atomic mass is 32.2. The first kappa shape index (κ1) is 23.2. The maximum Gasteiger partial charge on any atom is 0.293 e. The van der Waals surface area contributed by atoms with Crippen LogP contribution in [0.5, 0.6) is 17.2 Å². The number of benzene rings is 2. The van der Waals surface area contributed by atoms with Crippen molar-refractivity contribution in [2.24, 2.45) is 0 Å². The summed E-state index contributed by atoms with van der Waals surface area (Å²) in [5.74, 6) is 1.08. The Labute approximate surface area is 190 Å². The third kappa shape index (κ3) is 5.61. The Bertz CT molecular complexity index is 1040. The molecular weight excluding hydrogens is 432 g/mol. The van der Waals surface area contributed by atoms with Crippen molar-refractivity contribution in [2.75, 3.05) is 32.7 Å². The van der Waals surface area contributed by atoms with Crippen LogP contribution in [-0.4, -0.2) is 49.3 Å². The van der Waals surface area contributed by atoms with Gasteiger partial charge in [-0.25, -0.2) is 0 Å². The Morgan fingerprint density at radius 2 is 1.78 bits per heavy atom. The van der Waals surface area contributed by atoms with Gasteiger partial charge in [0.25, 0.3) is 11.1 Å². The highest BCUT2D eigenvalue weighted by Crippen LogP contribution is 2.34. The number of hydrogen-bond donors (Lipinski definition) is 1. The van der Waals surface area contributed by atoms with Crippen molar-refractivity contribution in [3.63, 3.8) is 0 Å². The van der Waals surface area contributed by atoms with Crippen LogP contribution in [0.3, 0.4) is 0 Å². The molecule has 2 aromatic carbocycles. The summed E-state index contributed by atoms with van der Waals surface area (Å²) in [5.41, 5.74) is 1.31. The lowest BCUT2D eigenvalue weighted by molar-refractivity contribution is -0.123. The summed E-state index contributed by atoms with van der Waals surface area (Å²) in [6.45, 7) is 2.45. The molecule has 1 aliphatic heterocycles. The summed E-state index contributed by atoms with van der Waals surface area (Å²) in [4.78, 5) is 38.6. The number of rotatable bonds is 9. The van der Waals surface area contributed by atoms with E-state index < -0.39 is 11.1 Å². The van der Waals surface area contributed by atoms with Crippen molar-refractivity contribution in [1.29, 1.82) is 0 Å². The molecule has 32 heavy (non-hydrogen) atoms. The quantitative estimate of drug-likeness (QED) is 0.566. The highest BCUT2D eigenvalue weighted by Gasteiger charge is 2.35. The van der Waals surface area contributed by atoms with Gasteiger partial charge in [0.2, 0.25) is 5.91 Å². The minimum Gasteiger partial charge on any atom is -0.494 e. The van der Waals surface area contributed by atoms with Crippen molar-refractivity contribution in [2.45, 2.75) is 13.3 Å². The molecular formula is C23H24N2O6S. The number of ether oxygens (including phenoxy) is 3. The first-order valence-corrected chi connectivity index (χ1v) is 10.8. The van der Waals surface area contributed by atoms with Gasteiger partial charge in [0.05, 0.1) is 25.7 Å². The van der Waals surface area contributed by atoms with Gasteiger partial charge in [-0.1, -0.05) is 6.07 Å². The molecule has 8 nitrogen and oxygen atoms in total. The topological polar surface area (TPSA) is 94.2 Å². The van der Waals surface area contributed by atoms with Crippen molar-refractivity contribution in [3.8, 4) is 17.2 Å². The van der Waals surface area contributed by atoms with E-state index >= 15 is 0 Å². The average molecular weight is 457 g/mol. The van der Waals surface area contributed by atoms with Gasteiger partial charge < -0.3 is 19.5 Å². The molecule has 0 atom stereocenters. The van der Waals surface area contributed by atoms with E-state index in [-0.39, 0.29) is 23.8 Å². The molecule has 168 valence electrons. The van der Waals surface area contributed by atoms with E-state index in [4.69, 9.17) is 14.2 Å². The zero-order valence-corrected chi connectivity index (χ0v) is 18.9. The first-order chi connectivity index (χ1) is 15.4. The van der Waals surface area contributed by atoms with E-state index in [1.54, 1.807) is 48.5 Å². The van der Waals surface area contributed by atoms with E-state index in [2.05, 4.69) is 5.32 Å². The summed E-state index contributed by atoms with van der Waals surface area (Å²) in [5, 5.41) is 2.34. The second-order valence-electron chi connectivity index (χ2n) is 6.70. The van der Waals surface area contributed by atoms with Gasteiger partial charge in [0.15, 0.2) is 11.5 Å². The zero-order chi connectivity index (χ0) is 23.1. The number of thioether (sulfide) groups is 1. The third-order valence-electron chi connectivity index (χ3n) is 4.59. The first-order valence-electron chi connectivity index (χ1n) is 9.95. The van der Waals surface area contributed by atoms with Gasteiger partial charge in [-0.15, -0.1) is 0 Å². The molecule has 0 unspecified atom stereocenters. The van der Waals surface area contributed by atoms with Crippen molar-refractivity contribution in [3.05, 3.63) is 52.9 Å². The van der Waals surface area contributed by atoms with E-state index in [0.717, 1.165) is 16.7 Å². The second-order valence-corrected chi connectivity index (χ2v) is 7.70. The van der Waals surface area contributed by atoms with E-state index in [0.29, 0.717) is 35.1 Å². The van der Waals surface area contributed by atoms with Gasteiger partial charge in [-0.05, 0) is 66.7 Å². The van der Waals surface area contributed by atoms with Crippen LogP contribution >= 0.6 is 11.8 Å². The molecule has 2 aromatic rings. The number of carbonyl (C=O) groups excluding carboxylic acids is 3. The molecule has 1 heterocycles. The SMILES string of the molecule is CCOc1ccc(NC(=O)CCN2C(=O)S/C(=C/c3ccc(OC)c(OC)c3)C2=O)cc1. The Kier molecular flexibility index (Phi) is 7.77. The number of nitrogens with zero attached hydrogens (tertiary/aromatic N) is 1. The molecule has 3 amide bonds. The minimum absolute atomic E-state index is 0.00317. The smallest absolute Gasteiger partial charge is 0.293 e. The Hall–Kier alpha value is -3.46. The number of hydrogen-bond acceptors (Lipinski definition) is 7. The molecule has 1 aliphatic rings. The van der Waals surface area contributed by atoms with Crippen LogP contribution in [0.2, 0.25) is 0 Å². The van der Waals surface area contributed by atoms with Crippen LogP contribution in [0.25, 0.3) is 6.08 Å². The van der Waals surface area contributed by atoms with Crippen LogP contribution in [0.15, 0.2) is 47.4 Å². The summed E-state index contributed by atoms with van der Waals surface area (Å²) < 4.78 is 15.8. The largest absolute Gasteiger partial charge is 0.494 e. The number of methoxy groups -OCH3 is 2. The molecule has 0 spiro atoms. The predicted molar refractivity (Wildman–Crippen MR) is 123 cm³/mol. The van der Waals surface area contributed by atoms with Crippen LogP contribution in [-0.2, 0) is 9.59 Å². The fourth-order valence-electron chi connectivity index (χ4n) is 3.02. The monoisotopic (exact) mass is 456 g/mol. The number of imide groups is 1. The molecule has 0 aliphatic carbocycles. The predicted octanol–water partition coefficient (Wildman–Crippen LogP) is 4.17. The number of nitrogens with one attached hydrogen (secondary N) is 1. The lowest BCUT2D eigenvalue weighted by Gasteiger charge is -2.12. The molecule has 9 heteroatoms. The molecule has 0 saturated carbocycles. The summed E-state index contributed by atoms with van der Waals surface area (Å²) in [6.07, 6.45) is 1.61. The van der Waals surface area contributed by atoms with Gasteiger partial charge >= 0.3 is 0 Å². The van der Waals surface area contributed by atoms with Crippen molar-refractivity contribution < 1.29 is 28.6 Å². The van der Waals surface area contributed by atoms with Crippen molar-refractivity contribution >= 4 is 40.6 Å². The lowest BCUT2D eigenvalue weighted by Crippen LogP contribution is -2.31. The Morgan fingerprint density at radius 1 is 1.06 bits per heavy atom. The fourth-order valence-corrected chi connectivity index (χ4v) is 3.89. The molecule has 1 fully saturated rings. The third-order valence-corrected chi connectivity index (χ3v) is 5.50. The molecule has 3 rings (SSSR count). The molecule has 0 radical (unpaired) electrons. The van der Waals surface area contributed by atoms with Crippen LogP contribution in [0, 0.1) is 0 Å². The number of amides is 3. The number of anilines is 1. The molecule has 0 bridgehead atoms. The number of carbonyl (C=O) groups is 3. The minimum atomic E-state index is -0.427.